The summed E-state index contributed by atoms with van der Waals surface area (Å²) in [6.07, 6.45) is 1.49. The molecule has 1 aromatic carbocycles. The summed E-state index contributed by atoms with van der Waals surface area (Å²) in [5.74, 6) is 0.124. The van der Waals surface area contributed by atoms with Gasteiger partial charge in [-0.05, 0) is 13.0 Å². The third kappa shape index (κ3) is 3.84. The van der Waals surface area contributed by atoms with Gasteiger partial charge in [0.25, 0.3) is 0 Å². The molecule has 0 spiro atoms. The summed E-state index contributed by atoms with van der Waals surface area (Å²) in [4.78, 5) is 3.88. The number of hydrogen-bond donors (Lipinski definition) is 0. The normalized spacial score (nSPS) is 12.5. The smallest absolute Gasteiger partial charge is 0.505 e. The van der Waals surface area contributed by atoms with Crippen LogP contribution in [0.5, 0.6) is 0 Å². The molecule has 1 aromatic rings. The molecule has 0 bridgehead atoms. The number of aliphatic imine (C=N–C) groups is 1. The zero-order valence-electron chi connectivity index (χ0n) is 9.15. The van der Waals surface area contributed by atoms with Crippen LogP contribution in [0, 0.1) is 0 Å². The summed E-state index contributed by atoms with van der Waals surface area (Å²) in [6.45, 7) is 1.72. The number of allylic oxidation sites excluding steroid dienone is 1. The summed E-state index contributed by atoms with van der Waals surface area (Å²) >= 11 is 0. The van der Waals surface area contributed by atoms with Gasteiger partial charge in [-0.15, -0.1) is 0 Å². The second-order valence-corrected chi connectivity index (χ2v) is 3.12. The van der Waals surface area contributed by atoms with Gasteiger partial charge < -0.3 is 4.65 Å². The topological polar surface area (TPSA) is 21.6 Å². The van der Waals surface area contributed by atoms with Crippen molar-refractivity contribution in [1.29, 1.82) is 0 Å². The Hall–Kier alpha value is -1.65. The molecule has 0 aliphatic rings. The fourth-order valence-electron chi connectivity index (χ4n) is 1.14. The monoisotopic (exact) mass is 223 g/mol. The van der Waals surface area contributed by atoms with E-state index in [1.54, 1.807) is 38.2 Å². The van der Waals surface area contributed by atoms with E-state index in [1.165, 1.54) is 6.08 Å². The van der Waals surface area contributed by atoms with E-state index >= 15 is 0 Å². The van der Waals surface area contributed by atoms with Crippen LogP contribution < -0.4 is 0 Å². The van der Waals surface area contributed by atoms with Crippen LogP contribution >= 0.6 is 0 Å². The average molecular weight is 223 g/mol. The maximum absolute atomic E-state index is 12.2. The summed E-state index contributed by atoms with van der Waals surface area (Å²) in [6, 6.07) is 8.74. The second kappa shape index (κ2) is 6.05. The van der Waals surface area contributed by atoms with Crippen molar-refractivity contribution in [2.45, 2.75) is 6.92 Å². The van der Waals surface area contributed by atoms with Gasteiger partial charge in [-0.2, -0.15) is 0 Å². The van der Waals surface area contributed by atoms with Gasteiger partial charge in [-0.1, -0.05) is 30.3 Å². The maximum atomic E-state index is 12.2. The minimum absolute atomic E-state index is 0.124. The summed E-state index contributed by atoms with van der Waals surface area (Å²) < 4.78 is 28.9. The van der Waals surface area contributed by atoms with E-state index in [4.69, 9.17) is 0 Å². The van der Waals surface area contributed by atoms with Crippen LogP contribution in [0.2, 0.25) is 0 Å². The molecule has 84 valence electrons. The largest absolute Gasteiger partial charge is 0.796 e. The van der Waals surface area contributed by atoms with Gasteiger partial charge in [0.05, 0.1) is 0 Å². The summed E-state index contributed by atoms with van der Waals surface area (Å²) in [5, 5.41) is 0. The van der Waals surface area contributed by atoms with E-state index in [2.05, 4.69) is 9.65 Å². The third-order valence-corrected chi connectivity index (χ3v) is 1.97. The highest BCUT2D eigenvalue weighted by molar-refractivity contribution is 6.36. The lowest BCUT2D eigenvalue weighted by atomic mass is 10.1. The van der Waals surface area contributed by atoms with Crippen molar-refractivity contribution in [3.63, 3.8) is 0 Å². The Morgan fingerprint density at radius 1 is 1.31 bits per heavy atom. The molecule has 1 rings (SSSR count). The first kappa shape index (κ1) is 12.4. The second-order valence-electron chi connectivity index (χ2n) is 3.12. The molecule has 0 amide bonds. The van der Waals surface area contributed by atoms with Gasteiger partial charge in [-0.3, -0.25) is 4.99 Å². The van der Waals surface area contributed by atoms with E-state index < -0.39 is 7.47 Å². The van der Waals surface area contributed by atoms with Gasteiger partial charge in [-0.25, -0.2) is 8.63 Å². The molecule has 0 saturated carbocycles. The van der Waals surface area contributed by atoms with Crippen molar-refractivity contribution in [1.82, 2.24) is 0 Å². The van der Waals surface area contributed by atoms with Crippen LogP contribution in [-0.2, 0) is 4.65 Å². The Kier molecular flexibility index (Phi) is 4.70. The molecule has 0 radical (unpaired) electrons. The summed E-state index contributed by atoms with van der Waals surface area (Å²) in [5.41, 5.74) is 1.23. The molecular weight excluding hydrogens is 211 g/mol. The predicted octanol–water partition coefficient (Wildman–Crippen LogP) is 3.06. The van der Waals surface area contributed by atoms with Crippen molar-refractivity contribution >= 4 is 18.9 Å². The van der Waals surface area contributed by atoms with Crippen molar-refractivity contribution in [3.05, 3.63) is 42.0 Å². The molecule has 0 aromatic heterocycles. The maximum Gasteiger partial charge on any atom is 0.796 e. The van der Waals surface area contributed by atoms with Gasteiger partial charge >= 0.3 is 7.47 Å². The Morgan fingerprint density at radius 3 is 2.44 bits per heavy atom. The van der Waals surface area contributed by atoms with Gasteiger partial charge in [0.1, 0.15) is 5.76 Å². The number of hydrogen-bond acceptors (Lipinski definition) is 2. The molecule has 0 N–H and O–H groups in total. The van der Waals surface area contributed by atoms with E-state index in [1.807, 2.05) is 6.07 Å². The first-order chi connectivity index (χ1) is 7.63. The van der Waals surface area contributed by atoms with Crippen LogP contribution in [0.3, 0.4) is 0 Å². The molecule has 0 fully saturated rings. The van der Waals surface area contributed by atoms with Gasteiger partial charge in [0.15, 0.2) is 0 Å². The van der Waals surface area contributed by atoms with Crippen LogP contribution in [0.15, 0.2) is 41.4 Å². The molecule has 0 saturated heterocycles. The Labute approximate surface area is 93.9 Å². The predicted molar refractivity (Wildman–Crippen MR) is 62.5 cm³/mol. The molecular formula is C11H12BF2NO. The van der Waals surface area contributed by atoms with E-state index in [9.17, 15) is 8.63 Å². The average Bonchev–Trinajstić information content (AvgIpc) is 2.28. The SMILES string of the molecule is CN=C(C)/C=C(\OB(F)F)c1ccccc1. The van der Waals surface area contributed by atoms with Gasteiger partial charge in [0.2, 0.25) is 0 Å². The quantitative estimate of drug-likeness (QED) is 0.436. The molecule has 0 atom stereocenters. The van der Waals surface area contributed by atoms with E-state index in [-0.39, 0.29) is 5.76 Å². The number of nitrogens with zero attached hydrogens (tertiary/aromatic N) is 1. The number of rotatable bonds is 4. The minimum atomic E-state index is -2.84. The fraction of sp³-hybridized carbons (Fsp3) is 0.182. The first-order valence-electron chi connectivity index (χ1n) is 4.79. The summed E-state index contributed by atoms with van der Waals surface area (Å²) in [7, 11) is -1.24. The van der Waals surface area contributed by atoms with Crippen molar-refractivity contribution in [2.75, 3.05) is 7.05 Å². The van der Waals surface area contributed by atoms with Crippen LogP contribution in [0.25, 0.3) is 5.76 Å². The molecule has 2 nitrogen and oxygen atoms in total. The zero-order chi connectivity index (χ0) is 12.0. The lowest BCUT2D eigenvalue weighted by molar-refractivity contribution is 0.397. The van der Waals surface area contributed by atoms with Crippen molar-refractivity contribution in [3.8, 4) is 0 Å². The number of halogens is 2. The van der Waals surface area contributed by atoms with Crippen LogP contribution in [0.4, 0.5) is 8.63 Å². The van der Waals surface area contributed by atoms with E-state index in [0.29, 0.717) is 11.3 Å². The Balaban J connectivity index is 3.01. The van der Waals surface area contributed by atoms with Crippen molar-refractivity contribution < 1.29 is 13.3 Å². The Morgan fingerprint density at radius 2 is 1.94 bits per heavy atom. The fourth-order valence-corrected chi connectivity index (χ4v) is 1.14. The minimum Gasteiger partial charge on any atom is -0.505 e. The number of benzene rings is 1. The van der Waals surface area contributed by atoms with Crippen LogP contribution in [-0.4, -0.2) is 20.2 Å². The molecule has 0 heterocycles. The highest BCUT2D eigenvalue weighted by atomic mass is 19.2. The molecule has 0 unspecified atom stereocenters. The van der Waals surface area contributed by atoms with Gasteiger partial charge in [0, 0.05) is 18.3 Å². The first-order valence-corrected chi connectivity index (χ1v) is 4.79. The molecule has 0 aliphatic heterocycles. The standard InChI is InChI=1S/C11H12BF2NO/c1-9(15-2)8-11(16-12(13)14)10-6-4-3-5-7-10/h3-8H,1-2H3/b11-8-,15-9?. The zero-order valence-corrected chi connectivity index (χ0v) is 9.15. The Bertz CT molecular complexity index is 390. The molecule has 5 heteroatoms. The molecule has 0 aliphatic carbocycles. The lowest BCUT2D eigenvalue weighted by Gasteiger charge is -2.08. The van der Waals surface area contributed by atoms with Crippen LogP contribution in [0.1, 0.15) is 12.5 Å². The highest BCUT2D eigenvalue weighted by Crippen LogP contribution is 2.17. The van der Waals surface area contributed by atoms with E-state index in [0.717, 1.165) is 0 Å². The molecule has 16 heavy (non-hydrogen) atoms. The third-order valence-electron chi connectivity index (χ3n) is 1.97. The van der Waals surface area contributed by atoms with Crippen molar-refractivity contribution in [2.24, 2.45) is 4.99 Å². The lowest BCUT2D eigenvalue weighted by Crippen LogP contribution is -2.05. The highest BCUT2D eigenvalue weighted by Gasteiger charge is 2.20.